The number of hydrogen-bond donors (Lipinski definition) is 1. The lowest BCUT2D eigenvalue weighted by atomic mass is 9.85. The van der Waals surface area contributed by atoms with E-state index in [4.69, 9.17) is 14.2 Å². The number of nitrogens with one attached hydrogen (secondary N) is 1. The summed E-state index contributed by atoms with van der Waals surface area (Å²) in [6.07, 6.45) is 4.53. The van der Waals surface area contributed by atoms with Crippen molar-refractivity contribution in [2.75, 3.05) is 27.9 Å². The lowest BCUT2D eigenvalue weighted by Crippen LogP contribution is -2.43. The Bertz CT molecular complexity index is 433. The average molecular weight is 293 g/mol. The maximum absolute atomic E-state index is 6.22. The fraction of sp³-hybridized carbons (Fsp3) is 0.647. The number of methoxy groups -OCH3 is 2. The standard InChI is InChI=1S/C17H27NO3/c1-5-21-17(11-6-7-12-17)16(18-2)15-13(19-3)9-8-10-14(15)20-4/h8-10,16,18H,5-7,11-12H2,1-4H3. The molecule has 0 heterocycles. The van der Waals surface area contributed by atoms with E-state index in [0.29, 0.717) is 0 Å². The topological polar surface area (TPSA) is 39.7 Å². The first kappa shape index (κ1) is 16.1. The second-order valence-corrected chi connectivity index (χ2v) is 5.50. The molecule has 1 aliphatic rings. The largest absolute Gasteiger partial charge is 0.496 e. The molecule has 1 fully saturated rings. The van der Waals surface area contributed by atoms with Crippen LogP contribution >= 0.6 is 0 Å². The van der Waals surface area contributed by atoms with Crippen LogP contribution in [-0.2, 0) is 4.74 Å². The molecule has 1 saturated carbocycles. The summed E-state index contributed by atoms with van der Waals surface area (Å²) in [6.45, 7) is 2.78. The van der Waals surface area contributed by atoms with Crippen molar-refractivity contribution in [1.29, 1.82) is 0 Å². The molecule has 0 aromatic heterocycles. The van der Waals surface area contributed by atoms with Crippen LogP contribution in [0.3, 0.4) is 0 Å². The van der Waals surface area contributed by atoms with E-state index in [1.807, 2.05) is 25.2 Å². The van der Waals surface area contributed by atoms with Crippen LogP contribution in [0.4, 0.5) is 0 Å². The van der Waals surface area contributed by atoms with Crippen molar-refractivity contribution in [2.24, 2.45) is 0 Å². The molecule has 1 atom stereocenters. The van der Waals surface area contributed by atoms with Gasteiger partial charge in [0, 0.05) is 6.61 Å². The lowest BCUT2D eigenvalue weighted by Gasteiger charge is -2.38. The van der Waals surface area contributed by atoms with Crippen LogP contribution < -0.4 is 14.8 Å². The minimum atomic E-state index is -0.175. The van der Waals surface area contributed by atoms with Gasteiger partial charge in [0.1, 0.15) is 11.5 Å². The van der Waals surface area contributed by atoms with Gasteiger partial charge in [0.2, 0.25) is 0 Å². The summed E-state index contributed by atoms with van der Waals surface area (Å²) in [5.74, 6) is 1.69. The van der Waals surface area contributed by atoms with Crippen molar-refractivity contribution >= 4 is 0 Å². The van der Waals surface area contributed by atoms with Gasteiger partial charge in [-0.05, 0) is 38.9 Å². The minimum absolute atomic E-state index is 0.0612. The Morgan fingerprint density at radius 1 is 1.14 bits per heavy atom. The highest BCUT2D eigenvalue weighted by Crippen LogP contribution is 2.47. The van der Waals surface area contributed by atoms with Gasteiger partial charge < -0.3 is 19.5 Å². The van der Waals surface area contributed by atoms with Gasteiger partial charge in [0.25, 0.3) is 0 Å². The van der Waals surface area contributed by atoms with Crippen LogP contribution in [0, 0.1) is 0 Å². The summed E-state index contributed by atoms with van der Waals surface area (Å²) in [5.41, 5.74) is 0.881. The zero-order valence-corrected chi connectivity index (χ0v) is 13.6. The first-order valence-corrected chi connectivity index (χ1v) is 7.74. The molecule has 4 nitrogen and oxygen atoms in total. The van der Waals surface area contributed by atoms with Gasteiger partial charge in [0.15, 0.2) is 0 Å². The first-order valence-electron chi connectivity index (χ1n) is 7.74. The van der Waals surface area contributed by atoms with E-state index in [-0.39, 0.29) is 11.6 Å². The highest BCUT2D eigenvalue weighted by Gasteiger charge is 2.44. The summed E-state index contributed by atoms with van der Waals surface area (Å²) in [5, 5.41) is 3.45. The molecule has 4 heteroatoms. The van der Waals surface area contributed by atoms with Crippen molar-refractivity contribution in [2.45, 2.75) is 44.2 Å². The number of likely N-dealkylation sites (N-methyl/N-ethyl adjacent to an activating group) is 1. The van der Waals surface area contributed by atoms with Crippen molar-refractivity contribution in [3.63, 3.8) is 0 Å². The maximum Gasteiger partial charge on any atom is 0.127 e. The normalized spacial score (nSPS) is 18.5. The SMILES string of the molecule is CCOC1(C(NC)c2c(OC)cccc2OC)CCCC1. The molecule has 0 saturated heterocycles. The smallest absolute Gasteiger partial charge is 0.127 e. The fourth-order valence-electron chi connectivity index (χ4n) is 3.61. The Balaban J connectivity index is 2.49. The molecular formula is C17H27NO3. The molecule has 0 radical (unpaired) electrons. The molecule has 1 unspecified atom stereocenters. The van der Waals surface area contributed by atoms with Gasteiger partial charge in [-0.2, -0.15) is 0 Å². The van der Waals surface area contributed by atoms with Gasteiger partial charge >= 0.3 is 0 Å². The summed E-state index contributed by atoms with van der Waals surface area (Å²) >= 11 is 0. The van der Waals surface area contributed by atoms with Crippen molar-refractivity contribution in [1.82, 2.24) is 5.32 Å². The van der Waals surface area contributed by atoms with E-state index in [9.17, 15) is 0 Å². The van der Waals surface area contributed by atoms with Gasteiger partial charge in [-0.1, -0.05) is 18.9 Å². The number of benzene rings is 1. The monoisotopic (exact) mass is 293 g/mol. The van der Waals surface area contributed by atoms with Crippen LogP contribution in [-0.4, -0.2) is 33.5 Å². The molecule has 118 valence electrons. The highest BCUT2D eigenvalue weighted by molar-refractivity contribution is 5.48. The van der Waals surface area contributed by atoms with Gasteiger partial charge in [-0.25, -0.2) is 0 Å². The van der Waals surface area contributed by atoms with E-state index in [1.165, 1.54) is 12.8 Å². The van der Waals surface area contributed by atoms with E-state index in [2.05, 4.69) is 12.2 Å². The summed E-state index contributed by atoms with van der Waals surface area (Å²) in [6, 6.07) is 5.98. The van der Waals surface area contributed by atoms with Crippen LogP contribution in [0.2, 0.25) is 0 Å². The number of hydrogen-bond acceptors (Lipinski definition) is 4. The van der Waals surface area contributed by atoms with Gasteiger partial charge in [0.05, 0.1) is 31.4 Å². The van der Waals surface area contributed by atoms with E-state index in [0.717, 1.165) is 36.5 Å². The predicted octanol–water partition coefficient (Wildman–Crippen LogP) is 3.31. The highest BCUT2D eigenvalue weighted by atomic mass is 16.5. The minimum Gasteiger partial charge on any atom is -0.496 e. The summed E-state index contributed by atoms with van der Waals surface area (Å²) in [4.78, 5) is 0. The molecule has 0 amide bonds. The fourth-order valence-corrected chi connectivity index (χ4v) is 3.61. The molecule has 1 aliphatic carbocycles. The Morgan fingerprint density at radius 2 is 1.71 bits per heavy atom. The van der Waals surface area contributed by atoms with Crippen molar-refractivity contribution in [3.05, 3.63) is 23.8 Å². The van der Waals surface area contributed by atoms with Crippen molar-refractivity contribution < 1.29 is 14.2 Å². The second-order valence-electron chi connectivity index (χ2n) is 5.50. The third-order valence-corrected chi connectivity index (χ3v) is 4.45. The number of rotatable bonds is 7. The second kappa shape index (κ2) is 7.14. The summed E-state index contributed by atoms with van der Waals surface area (Å²) in [7, 11) is 5.38. The molecule has 0 aliphatic heterocycles. The van der Waals surface area contributed by atoms with E-state index >= 15 is 0 Å². The first-order chi connectivity index (χ1) is 10.2. The van der Waals surface area contributed by atoms with Gasteiger partial charge in [-0.15, -0.1) is 0 Å². The lowest BCUT2D eigenvalue weighted by molar-refractivity contribution is -0.0618. The molecule has 1 N–H and O–H groups in total. The quantitative estimate of drug-likeness (QED) is 0.837. The Labute approximate surface area is 127 Å². The number of ether oxygens (including phenoxy) is 3. The van der Waals surface area contributed by atoms with Crippen LogP contribution in [0.15, 0.2) is 18.2 Å². The molecule has 1 aromatic rings. The van der Waals surface area contributed by atoms with E-state index in [1.54, 1.807) is 14.2 Å². The van der Waals surface area contributed by atoms with Gasteiger partial charge in [-0.3, -0.25) is 0 Å². The third-order valence-electron chi connectivity index (χ3n) is 4.45. The van der Waals surface area contributed by atoms with Crippen molar-refractivity contribution in [3.8, 4) is 11.5 Å². The van der Waals surface area contributed by atoms with E-state index < -0.39 is 0 Å². The molecule has 0 spiro atoms. The Hall–Kier alpha value is -1.26. The maximum atomic E-state index is 6.22. The molecule has 2 rings (SSSR count). The molecule has 21 heavy (non-hydrogen) atoms. The summed E-state index contributed by atoms with van der Waals surface area (Å²) < 4.78 is 17.4. The Morgan fingerprint density at radius 3 is 2.14 bits per heavy atom. The molecule has 0 bridgehead atoms. The van der Waals surface area contributed by atoms with Crippen LogP contribution in [0.1, 0.15) is 44.2 Å². The third kappa shape index (κ3) is 3.01. The van der Waals surface area contributed by atoms with Crippen LogP contribution in [0.5, 0.6) is 11.5 Å². The zero-order valence-electron chi connectivity index (χ0n) is 13.6. The predicted molar refractivity (Wildman–Crippen MR) is 84.2 cm³/mol. The molecular weight excluding hydrogens is 266 g/mol. The average Bonchev–Trinajstić information content (AvgIpc) is 2.98. The van der Waals surface area contributed by atoms with Crippen LogP contribution in [0.25, 0.3) is 0 Å². The Kier molecular flexibility index (Phi) is 5.48. The molecule has 1 aromatic carbocycles. The zero-order chi connectivity index (χ0) is 15.3.